The van der Waals surface area contributed by atoms with Crippen LogP contribution in [0.4, 0.5) is 0 Å². The van der Waals surface area contributed by atoms with Crippen molar-refractivity contribution in [3.8, 4) is 0 Å². The first-order valence-electron chi connectivity index (χ1n) is 5.21. The van der Waals surface area contributed by atoms with E-state index in [0.29, 0.717) is 25.9 Å². The van der Waals surface area contributed by atoms with Crippen LogP contribution in [0.25, 0.3) is 0 Å². The molecule has 1 rings (SSSR count). The number of hydroxylamine groups is 1. The van der Waals surface area contributed by atoms with Crippen molar-refractivity contribution in [2.75, 3.05) is 47.7 Å². The lowest BCUT2D eigenvalue weighted by Gasteiger charge is -2.27. The molecule has 1 unspecified atom stereocenters. The third-order valence-corrected chi connectivity index (χ3v) is 2.05. The first-order chi connectivity index (χ1) is 7.81. The molecule has 0 spiro atoms. The number of hydrogen-bond donors (Lipinski definition) is 0. The van der Waals surface area contributed by atoms with Gasteiger partial charge in [-0.25, -0.2) is 0 Å². The highest BCUT2D eigenvalue weighted by atomic mass is 17.0. The number of ether oxygens (including phenoxy) is 2. The zero-order chi connectivity index (χ0) is 11.8. The van der Waals surface area contributed by atoms with Crippen molar-refractivity contribution in [1.82, 2.24) is 10.5 Å². The molecule has 7 nitrogen and oxygen atoms in total. The Balaban J connectivity index is 2.02. The van der Waals surface area contributed by atoms with Gasteiger partial charge in [0.2, 0.25) is 0 Å². The van der Waals surface area contributed by atoms with Gasteiger partial charge in [0, 0.05) is 18.5 Å². The molecule has 0 aromatic heterocycles. The average molecular weight is 236 g/mol. The molecule has 0 aromatic rings. The predicted molar refractivity (Wildman–Crippen MR) is 54.7 cm³/mol. The van der Waals surface area contributed by atoms with Gasteiger partial charge < -0.3 is 9.47 Å². The summed E-state index contributed by atoms with van der Waals surface area (Å²) >= 11 is 0. The Morgan fingerprint density at radius 3 is 2.38 bits per heavy atom. The van der Waals surface area contributed by atoms with Gasteiger partial charge in [-0.3, -0.25) is 14.5 Å². The zero-order valence-corrected chi connectivity index (χ0v) is 10.0. The molecule has 0 radical (unpaired) electrons. The third kappa shape index (κ3) is 5.17. The van der Waals surface area contributed by atoms with Crippen molar-refractivity contribution in [2.24, 2.45) is 0 Å². The summed E-state index contributed by atoms with van der Waals surface area (Å²) in [5, 5.41) is 2.61. The van der Waals surface area contributed by atoms with Crippen molar-refractivity contribution in [1.29, 1.82) is 0 Å². The number of hydrazine groups is 1. The van der Waals surface area contributed by atoms with Crippen LogP contribution in [0.3, 0.4) is 0 Å². The SMILES string of the molecule is CON(CCCOCC1CO1)N(OC)OC. The molecule has 0 N–H and O–H groups in total. The first kappa shape index (κ1) is 13.8. The van der Waals surface area contributed by atoms with E-state index in [1.807, 2.05) is 0 Å². The summed E-state index contributed by atoms with van der Waals surface area (Å²) in [6.07, 6.45) is 1.12. The normalized spacial score (nSPS) is 19.7. The minimum atomic E-state index is 0.313. The molecule has 1 heterocycles. The lowest BCUT2D eigenvalue weighted by atomic mass is 10.4. The molecule has 1 aliphatic rings. The minimum absolute atomic E-state index is 0.313. The lowest BCUT2D eigenvalue weighted by Crippen LogP contribution is -2.41. The highest BCUT2D eigenvalue weighted by Crippen LogP contribution is 2.08. The Hall–Kier alpha value is -0.280. The quantitative estimate of drug-likeness (QED) is 0.300. The summed E-state index contributed by atoms with van der Waals surface area (Å²) in [5.41, 5.74) is 0. The third-order valence-electron chi connectivity index (χ3n) is 2.05. The molecule has 0 aliphatic carbocycles. The van der Waals surface area contributed by atoms with Gasteiger partial charge in [0.15, 0.2) is 0 Å². The average Bonchev–Trinajstić information content (AvgIpc) is 3.11. The molecule has 1 fully saturated rings. The molecule has 0 saturated carbocycles. The fourth-order valence-corrected chi connectivity index (χ4v) is 1.18. The smallest absolute Gasteiger partial charge is 0.104 e. The maximum Gasteiger partial charge on any atom is 0.104 e. The van der Waals surface area contributed by atoms with E-state index in [9.17, 15) is 0 Å². The molecule has 0 bridgehead atoms. The van der Waals surface area contributed by atoms with Gasteiger partial charge in [-0.2, -0.15) is 0 Å². The fraction of sp³-hybridized carbons (Fsp3) is 1.00. The largest absolute Gasteiger partial charge is 0.379 e. The van der Waals surface area contributed by atoms with E-state index < -0.39 is 0 Å². The van der Waals surface area contributed by atoms with Crippen molar-refractivity contribution >= 4 is 0 Å². The molecular weight excluding hydrogens is 216 g/mol. The molecule has 1 aliphatic heterocycles. The second-order valence-electron chi connectivity index (χ2n) is 3.25. The molecule has 1 saturated heterocycles. The standard InChI is InChI=1S/C9H20N2O5/c1-12-10(11(13-2)14-3)5-4-6-15-7-9-8-16-9/h9H,4-8H2,1-3H3. The van der Waals surface area contributed by atoms with E-state index >= 15 is 0 Å². The van der Waals surface area contributed by atoms with Gasteiger partial charge in [0.1, 0.15) is 6.10 Å². The second-order valence-corrected chi connectivity index (χ2v) is 3.25. The van der Waals surface area contributed by atoms with Gasteiger partial charge in [-0.1, -0.05) is 5.17 Å². The molecule has 0 amide bonds. The lowest BCUT2D eigenvalue weighted by molar-refractivity contribution is -0.514. The van der Waals surface area contributed by atoms with Gasteiger partial charge in [-0.05, 0) is 6.42 Å². The van der Waals surface area contributed by atoms with E-state index in [-0.39, 0.29) is 0 Å². The van der Waals surface area contributed by atoms with Crippen LogP contribution < -0.4 is 0 Å². The Morgan fingerprint density at radius 1 is 1.19 bits per heavy atom. The summed E-state index contributed by atoms with van der Waals surface area (Å²) in [4.78, 5) is 14.9. The first-order valence-corrected chi connectivity index (χ1v) is 5.21. The predicted octanol–water partition coefficient (Wildman–Crippen LogP) is -0.00490. The van der Waals surface area contributed by atoms with Gasteiger partial charge >= 0.3 is 0 Å². The van der Waals surface area contributed by atoms with Crippen LogP contribution in [0.1, 0.15) is 6.42 Å². The molecule has 16 heavy (non-hydrogen) atoms. The molecule has 1 atom stereocenters. The van der Waals surface area contributed by atoms with Crippen LogP contribution >= 0.6 is 0 Å². The minimum Gasteiger partial charge on any atom is -0.379 e. The number of rotatable bonds is 10. The van der Waals surface area contributed by atoms with E-state index in [2.05, 4.69) is 0 Å². The highest BCUT2D eigenvalue weighted by molar-refractivity contribution is 4.66. The second kappa shape index (κ2) is 7.91. The van der Waals surface area contributed by atoms with Crippen LogP contribution in [0.15, 0.2) is 0 Å². The summed E-state index contributed by atoms with van der Waals surface area (Å²) in [5.74, 6) is 0. The maximum atomic E-state index is 5.39. The van der Waals surface area contributed by atoms with E-state index in [4.69, 9.17) is 24.0 Å². The summed E-state index contributed by atoms with van der Waals surface area (Å²) < 4.78 is 10.4. The van der Waals surface area contributed by atoms with Crippen molar-refractivity contribution in [2.45, 2.75) is 12.5 Å². The van der Waals surface area contributed by atoms with Crippen LogP contribution in [0, 0.1) is 0 Å². The maximum absolute atomic E-state index is 5.39. The van der Waals surface area contributed by atoms with Crippen molar-refractivity contribution in [3.63, 3.8) is 0 Å². The fourth-order valence-electron chi connectivity index (χ4n) is 1.18. The number of hydrogen-bond acceptors (Lipinski definition) is 7. The van der Waals surface area contributed by atoms with E-state index in [0.717, 1.165) is 18.4 Å². The van der Waals surface area contributed by atoms with Crippen LogP contribution in [0.5, 0.6) is 0 Å². The Morgan fingerprint density at radius 2 is 1.88 bits per heavy atom. The topological polar surface area (TPSA) is 55.9 Å². The van der Waals surface area contributed by atoms with Crippen molar-refractivity contribution < 1.29 is 24.0 Å². The summed E-state index contributed by atoms with van der Waals surface area (Å²) in [6.45, 7) is 2.77. The van der Waals surface area contributed by atoms with E-state index in [1.165, 1.54) is 19.4 Å². The van der Waals surface area contributed by atoms with Gasteiger partial charge in [0.25, 0.3) is 0 Å². The Kier molecular flexibility index (Phi) is 6.81. The van der Waals surface area contributed by atoms with Crippen LogP contribution in [-0.4, -0.2) is 64.3 Å². The Bertz CT molecular complexity index is 175. The Labute approximate surface area is 95.6 Å². The molecule has 7 heteroatoms. The summed E-state index contributed by atoms with van der Waals surface area (Å²) in [6, 6.07) is 0. The van der Waals surface area contributed by atoms with Crippen molar-refractivity contribution in [3.05, 3.63) is 0 Å². The molecular formula is C9H20N2O5. The highest BCUT2D eigenvalue weighted by Gasteiger charge is 2.22. The molecule has 0 aromatic carbocycles. The zero-order valence-electron chi connectivity index (χ0n) is 10.0. The van der Waals surface area contributed by atoms with Crippen LogP contribution in [-0.2, 0) is 24.0 Å². The van der Waals surface area contributed by atoms with Gasteiger partial charge in [0.05, 0.1) is 34.5 Å². The monoisotopic (exact) mass is 236 g/mol. The van der Waals surface area contributed by atoms with E-state index in [1.54, 1.807) is 7.11 Å². The summed E-state index contributed by atoms with van der Waals surface area (Å²) in [7, 11) is 4.54. The van der Waals surface area contributed by atoms with Gasteiger partial charge in [-0.15, -0.1) is 0 Å². The number of nitrogens with zero attached hydrogens (tertiary/aromatic N) is 2. The van der Waals surface area contributed by atoms with Crippen LogP contribution in [0.2, 0.25) is 0 Å². The molecule has 96 valence electrons. The number of epoxide rings is 1.